The highest BCUT2D eigenvalue weighted by molar-refractivity contribution is 9.10. The van der Waals surface area contributed by atoms with Gasteiger partial charge in [0, 0.05) is 48.1 Å². The molecule has 1 aromatic heterocycles. The maximum Gasteiger partial charge on any atom is 0.134 e. The quantitative estimate of drug-likeness (QED) is 0.223. The van der Waals surface area contributed by atoms with Gasteiger partial charge in [0.15, 0.2) is 0 Å². The number of aromatic nitrogens is 1. The van der Waals surface area contributed by atoms with Gasteiger partial charge in [0.25, 0.3) is 0 Å². The van der Waals surface area contributed by atoms with Gasteiger partial charge in [0.1, 0.15) is 10.9 Å². The van der Waals surface area contributed by atoms with Crippen molar-refractivity contribution in [2.45, 2.75) is 65.0 Å². The van der Waals surface area contributed by atoms with Crippen LogP contribution in [0, 0.1) is 0 Å². The summed E-state index contributed by atoms with van der Waals surface area (Å²) in [6.45, 7) is 17.7. The summed E-state index contributed by atoms with van der Waals surface area (Å²) in [5.74, 6) is 0.395. The number of piperazine rings is 1. The molecule has 1 N–H and O–H groups in total. The van der Waals surface area contributed by atoms with Crippen LogP contribution in [0.15, 0.2) is 71.2 Å². The highest BCUT2D eigenvalue weighted by Crippen LogP contribution is 2.44. The molecule has 1 aliphatic heterocycles. The lowest BCUT2D eigenvalue weighted by molar-refractivity contribution is 0.104. The average molecular weight is 635 g/mol. The van der Waals surface area contributed by atoms with Gasteiger partial charge in [-0.2, -0.15) is 0 Å². The Labute approximate surface area is 258 Å². The minimum atomic E-state index is -0.227. The van der Waals surface area contributed by atoms with Gasteiger partial charge in [-0.3, -0.25) is 9.80 Å². The zero-order chi connectivity index (χ0) is 29.5. The van der Waals surface area contributed by atoms with Crippen LogP contribution in [0.5, 0.6) is 5.75 Å². The third-order valence-electron chi connectivity index (χ3n) is 8.14. The van der Waals surface area contributed by atoms with Crippen molar-refractivity contribution in [3.63, 3.8) is 0 Å². The number of phenols is 1. The molecule has 4 aromatic rings. The zero-order valence-electron chi connectivity index (χ0n) is 25.0. The monoisotopic (exact) mass is 633 g/mol. The predicted molar refractivity (Wildman–Crippen MR) is 175 cm³/mol. The number of pyridine rings is 1. The Morgan fingerprint density at radius 2 is 1.46 bits per heavy atom. The molecular weight excluding hydrogens is 594 g/mol. The molecule has 1 atom stereocenters. The lowest BCUT2D eigenvalue weighted by Gasteiger charge is -2.41. The number of phenolic OH excluding ortho intramolecular Hbond substituents is 1. The summed E-state index contributed by atoms with van der Waals surface area (Å²) in [5.41, 5.74) is 5.83. The van der Waals surface area contributed by atoms with Gasteiger partial charge in [-0.05, 0) is 69.5 Å². The number of hydrogen-bond donors (Lipinski definition) is 1. The van der Waals surface area contributed by atoms with Crippen LogP contribution in [0.3, 0.4) is 0 Å². The number of benzene rings is 3. The van der Waals surface area contributed by atoms with E-state index in [2.05, 4.69) is 122 Å². The van der Waals surface area contributed by atoms with E-state index in [0.717, 1.165) is 70.4 Å². The summed E-state index contributed by atoms with van der Waals surface area (Å²) in [7, 11) is 0. The van der Waals surface area contributed by atoms with Crippen LogP contribution in [0.1, 0.15) is 75.4 Å². The average Bonchev–Trinajstić information content (AvgIpc) is 2.90. The second-order valence-corrected chi connectivity index (χ2v) is 14.6. The fourth-order valence-corrected chi connectivity index (χ4v) is 6.53. The maximum atomic E-state index is 11.5. The first kappa shape index (κ1) is 30.0. The molecule has 1 saturated heterocycles. The molecule has 1 aliphatic rings. The van der Waals surface area contributed by atoms with Gasteiger partial charge in [-0.1, -0.05) is 99.4 Å². The summed E-state index contributed by atoms with van der Waals surface area (Å²) < 4.78 is 1.01. The Morgan fingerprint density at radius 3 is 2.05 bits per heavy atom. The standard InChI is InChI=1S/C35H41BrClN3O/c1-34(2,3)28-20-25(21-29(32(28)41)35(4,5)6)31(27-19-24-18-26(36)12-13-30(24)38-33(27)37)40-16-14-39(15-17-40)22-23-10-8-7-9-11-23/h7-13,18-21,31,41H,14-17,22H2,1-6H3. The van der Waals surface area contributed by atoms with Crippen molar-refractivity contribution < 1.29 is 5.11 Å². The number of nitrogens with zero attached hydrogens (tertiary/aromatic N) is 3. The molecule has 4 nitrogen and oxygen atoms in total. The van der Waals surface area contributed by atoms with Crippen molar-refractivity contribution in [2.24, 2.45) is 0 Å². The Balaban J connectivity index is 1.62. The molecule has 0 bridgehead atoms. The summed E-state index contributed by atoms with van der Waals surface area (Å²) in [6.07, 6.45) is 0. The van der Waals surface area contributed by atoms with E-state index in [9.17, 15) is 5.11 Å². The summed E-state index contributed by atoms with van der Waals surface area (Å²) in [4.78, 5) is 9.91. The number of halogens is 2. The Bertz CT molecular complexity index is 1500. The first-order valence-corrected chi connectivity index (χ1v) is 15.6. The number of rotatable bonds is 5. The van der Waals surface area contributed by atoms with Gasteiger partial charge < -0.3 is 5.11 Å². The van der Waals surface area contributed by atoms with E-state index in [4.69, 9.17) is 16.6 Å². The fraction of sp³-hybridized carbons (Fsp3) is 0.400. The van der Waals surface area contributed by atoms with Gasteiger partial charge in [-0.25, -0.2) is 4.98 Å². The molecule has 1 fully saturated rings. The van der Waals surface area contributed by atoms with Crippen LogP contribution in [0.4, 0.5) is 0 Å². The van der Waals surface area contributed by atoms with Crippen LogP contribution in [-0.4, -0.2) is 46.1 Å². The smallest absolute Gasteiger partial charge is 0.134 e. The summed E-state index contributed by atoms with van der Waals surface area (Å²) >= 11 is 10.7. The van der Waals surface area contributed by atoms with Crippen molar-refractivity contribution >= 4 is 38.4 Å². The fourth-order valence-electron chi connectivity index (χ4n) is 5.90. The van der Waals surface area contributed by atoms with E-state index >= 15 is 0 Å². The molecule has 6 heteroatoms. The highest BCUT2D eigenvalue weighted by Gasteiger charge is 2.33. The Hall–Kier alpha value is -2.44. The molecule has 0 amide bonds. The molecule has 5 rings (SSSR count). The third kappa shape index (κ3) is 6.64. The van der Waals surface area contributed by atoms with E-state index in [1.165, 1.54) is 5.56 Å². The van der Waals surface area contributed by atoms with Gasteiger partial charge >= 0.3 is 0 Å². The lowest BCUT2D eigenvalue weighted by atomic mass is 9.77. The second-order valence-electron chi connectivity index (χ2n) is 13.4. The molecule has 2 heterocycles. The molecule has 0 spiro atoms. The van der Waals surface area contributed by atoms with E-state index in [0.29, 0.717) is 10.9 Å². The van der Waals surface area contributed by atoms with Crippen molar-refractivity contribution in [1.82, 2.24) is 14.8 Å². The SMILES string of the molecule is CC(C)(C)c1cc(C(c2cc3cc(Br)ccc3nc2Cl)N2CCN(Cc3ccccc3)CC2)cc(C(C)(C)C)c1O. The van der Waals surface area contributed by atoms with E-state index in [-0.39, 0.29) is 16.9 Å². The summed E-state index contributed by atoms with van der Waals surface area (Å²) in [6, 6.07) is 23.3. The Kier molecular flexibility index (Phi) is 8.56. The van der Waals surface area contributed by atoms with E-state index in [1.54, 1.807) is 0 Å². The van der Waals surface area contributed by atoms with E-state index in [1.807, 2.05) is 12.1 Å². The third-order valence-corrected chi connectivity index (χ3v) is 8.93. The topological polar surface area (TPSA) is 39.6 Å². The van der Waals surface area contributed by atoms with Crippen LogP contribution >= 0.6 is 27.5 Å². The molecular formula is C35H41BrClN3O. The number of hydrogen-bond acceptors (Lipinski definition) is 4. The molecule has 0 saturated carbocycles. The second kappa shape index (κ2) is 11.7. The van der Waals surface area contributed by atoms with Crippen molar-refractivity contribution in [3.8, 4) is 5.75 Å². The van der Waals surface area contributed by atoms with Crippen LogP contribution < -0.4 is 0 Å². The van der Waals surface area contributed by atoms with Gasteiger partial charge in [0.2, 0.25) is 0 Å². The number of fused-ring (bicyclic) bond motifs is 1. The first-order valence-electron chi connectivity index (χ1n) is 14.4. The normalized spacial score (nSPS) is 16.3. The van der Waals surface area contributed by atoms with Crippen molar-refractivity contribution in [1.29, 1.82) is 0 Å². The van der Waals surface area contributed by atoms with Gasteiger partial charge in [0.05, 0.1) is 11.6 Å². The van der Waals surface area contributed by atoms with E-state index < -0.39 is 0 Å². The molecule has 1 unspecified atom stereocenters. The molecule has 41 heavy (non-hydrogen) atoms. The maximum absolute atomic E-state index is 11.5. The molecule has 3 aromatic carbocycles. The highest BCUT2D eigenvalue weighted by atomic mass is 79.9. The predicted octanol–water partition coefficient (Wildman–Crippen LogP) is 8.86. The van der Waals surface area contributed by atoms with Crippen molar-refractivity contribution in [2.75, 3.05) is 26.2 Å². The molecule has 216 valence electrons. The zero-order valence-corrected chi connectivity index (χ0v) is 27.4. The molecule has 0 aliphatic carbocycles. The minimum absolute atomic E-state index is 0.0972. The van der Waals surface area contributed by atoms with Crippen LogP contribution in [0.2, 0.25) is 5.15 Å². The Morgan fingerprint density at radius 1 is 0.854 bits per heavy atom. The first-order chi connectivity index (χ1) is 19.3. The van der Waals surface area contributed by atoms with Crippen molar-refractivity contribution in [3.05, 3.63) is 104 Å². The summed E-state index contributed by atoms with van der Waals surface area (Å²) in [5, 5.41) is 13.1. The lowest BCUT2D eigenvalue weighted by Crippen LogP contribution is -2.47. The molecule has 0 radical (unpaired) electrons. The van der Waals surface area contributed by atoms with Gasteiger partial charge in [-0.15, -0.1) is 0 Å². The van der Waals surface area contributed by atoms with Crippen LogP contribution in [-0.2, 0) is 17.4 Å². The van der Waals surface area contributed by atoms with Crippen LogP contribution in [0.25, 0.3) is 10.9 Å². The largest absolute Gasteiger partial charge is 0.507 e. The minimum Gasteiger partial charge on any atom is -0.507 e. The number of aromatic hydroxyl groups is 1.